The molecule has 1 atom stereocenters. The molecule has 12 heavy (non-hydrogen) atoms. The van der Waals surface area contributed by atoms with E-state index in [1.807, 2.05) is 30.3 Å². The van der Waals surface area contributed by atoms with Gasteiger partial charge in [0.05, 0.1) is 13.1 Å². The Bertz CT molecular complexity index is 254. The van der Waals surface area contributed by atoms with E-state index in [1.165, 1.54) is 0 Å². The minimum atomic E-state index is -0.221. The van der Waals surface area contributed by atoms with E-state index >= 15 is 0 Å². The monoisotopic (exact) mass is 164 g/mol. The first-order chi connectivity index (χ1) is 5.81. The van der Waals surface area contributed by atoms with Gasteiger partial charge in [0.1, 0.15) is 12.4 Å². The highest BCUT2D eigenvalue weighted by atomic mass is 16.6. The highest BCUT2D eigenvalue weighted by Crippen LogP contribution is 2.21. The van der Waals surface area contributed by atoms with Gasteiger partial charge in [-0.2, -0.15) is 0 Å². The van der Waals surface area contributed by atoms with E-state index in [-0.39, 0.29) is 4.65 Å². The summed E-state index contributed by atoms with van der Waals surface area (Å²) in [6.45, 7) is 1.96. The van der Waals surface area contributed by atoms with Crippen LogP contribution in [0.3, 0.4) is 0 Å². The molecule has 0 aromatic heterocycles. The molecule has 0 amide bonds. The molecule has 0 saturated carbocycles. The Balaban J connectivity index is 2.29. The van der Waals surface area contributed by atoms with E-state index in [4.69, 9.17) is 0 Å². The lowest BCUT2D eigenvalue weighted by Crippen LogP contribution is -2.41. The van der Waals surface area contributed by atoms with Gasteiger partial charge in [0.2, 0.25) is 0 Å². The van der Waals surface area contributed by atoms with Crippen molar-refractivity contribution in [2.75, 3.05) is 19.8 Å². The third kappa shape index (κ3) is 1.22. The van der Waals surface area contributed by atoms with Crippen molar-refractivity contribution in [1.82, 2.24) is 9.96 Å². The topological polar surface area (TPSA) is 35.1 Å². The summed E-state index contributed by atoms with van der Waals surface area (Å²) in [5, 5.41) is 15.0. The van der Waals surface area contributed by atoms with Crippen LogP contribution in [0.1, 0.15) is 0 Å². The quantitative estimate of drug-likeness (QED) is 0.497. The molecule has 3 heteroatoms. The summed E-state index contributed by atoms with van der Waals surface area (Å²) in [7, 11) is 0. The maximum Gasteiger partial charge on any atom is 0.137 e. The second-order valence-electron chi connectivity index (χ2n) is 3.11. The van der Waals surface area contributed by atoms with E-state index in [9.17, 15) is 5.21 Å². The van der Waals surface area contributed by atoms with Crippen LogP contribution in [0.4, 0.5) is 5.69 Å². The zero-order valence-corrected chi connectivity index (χ0v) is 6.86. The van der Waals surface area contributed by atoms with Gasteiger partial charge in [-0.25, -0.2) is 0 Å². The van der Waals surface area contributed by atoms with Crippen molar-refractivity contribution in [3.63, 3.8) is 0 Å². The first kappa shape index (κ1) is 7.73. The summed E-state index contributed by atoms with van der Waals surface area (Å²) in [6, 6.07) is 9.52. The molecule has 64 valence electrons. The Labute approximate surface area is 71.8 Å². The van der Waals surface area contributed by atoms with Crippen LogP contribution < -0.4 is 9.96 Å². The predicted molar refractivity (Wildman–Crippen MR) is 49.3 cm³/mol. The van der Waals surface area contributed by atoms with E-state index in [0.29, 0.717) is 13.2 Å². The van der Waals surface area contributed by atoms with Gasteiger partial charge in [-0.1, -0.05) is 18.2 Å². The summed E-state index contributed by atoms with van der Waals surface area (Å²) in [6.07, 6.45) is 0. The van der Waals surface area contributed by atoms with Crippen LogP contribution in [0.25, 0.3) is 0 Å². The fraction of sp³-hybridized carbons (Fsp3) is 0.333. The zero-order valence-electron chi connectivity index (χ0n) is 6.86. The number of quaternary nitrogens is 1. The molecule has 1 aromatic carbocycles. The van der Waals surface area contributed by atoms with Gasteiger partial charge in [-0.3, -0.25) is 5.32 Å². The van der Waals surface area contributed by atoms with Gasteiger partial charge in [0.15, 0.2) is 0 Å². The van der Waals surface area contributed by atoms with Crippen LogP contribution in [-0.4, -0.2) is 19.8 Å². The van der Waals surface area contributed by atoms with Crippen molar-refractivity contribution in [3.8, 4) is 0 Å². The second kappa shape index (κ2) is 2.86. The highest BCUT2D eigenvalue weighted by molar-refractivity contribution is 5.43. The number of benzene rings is 1. The first-order valence-corrected chi connectivity index (χ1v) is 4.16. The van der Waals surface area contributed by atoms with Gasteiger partial charge in [0.25, 0.3) is 0 Å². The number of hydrogen-bond donors (Lipinski definition) is 1. The van der Waals surface area contributed by atoms with Crippen molar-refractivity contribution in [2.24, 2.45) is 0 Å². The predicted octanol–water partition coefficient (Wildman–Crippen LogP) is 1.05. The highest BCUT2D eigenvalue weighted by Gasteiger charge is 2.24. The second-order valence-corrected chi connectivity index (χ2v) is 3.11. The molecule has 1 saturated heterocycles. The Morgan fingerprint density at radius 1 is 1.25 bits per heavy atom. The number of rotatable bonds is 1. The van der Waals surface area contributed by atoms with E-state index < -0.39 is 0 Å². The molecule has 1 heterocycles. The lowest BCUT2D eigenvalue weighted by molar-refractivity contribution is 0.449. The summed E-state index contributed by atoms with van der Waals surface area (Å²) < 4.78 is -0.221. The smallest absolute Gasteiger partial charge is 0.137 e. The standard InChI is InChI=1S/C9H12N2O/c12-11(7-6-10-8-11)9-4-2-1-3-5-9/h1-5,10H,6-8H2. The van der Waals surface area contributed by atoms with Crippen LogP contribution in [0, 0.1) is 5.21 Å². The minimum Gasteiger partial charge on any atom is -0.626 e. The number of hydroxylamine groups is 2. The van der Waals surface area contributed by atoms with Crippen LogP contribution >= 0.6 is 0 Å². The van der Waals surface area contributed by atoms with Gasteiger partial charge in [0, 0.05) is 0 Å². The average Bonchev–Trinajstić information content (AvgIpc) is 2.55. The van der Waals surface area contributed by atoms with E-state index in [1.54, 1.807) is 0 Å². The van der Waals surface area contributed by atoms with Crippen LogP contribution in [0.5, 0.6) is 0 Å². The SMILES string of the molecule is [O-][N+]1(c2ccccc2)CCNC1. The minimum absolute atomic E-state index is 0.221. The zero-order chi connectivity index (χ0) is 8.44. The molecule has 0 bridgehead atoms. The van der Waals surface area contributed by atoms with E-state index in [2.05, 4.69) is 5.32 Å². The lowest BCUT2D eigenvalue weighted by Gasteiger charge is -2.36. The molecule has 0 aliphatic carbocycles. The third-order valence-electron chi connectivity index (χ3n) is 2.24. The van der Waals surface area contributed by atoms with Crippen molar-refractivity contribution < 1.29 is 0 Å². The molecule has 1 N–H and O–H groups in total. The molecule has 0 spiro atoms. The average molecular weight is 164 g/mol. The fourth-order valence-electron chi connectivity index (χ4n) is 1.52. The van der Waals surface area contributed by atoms with Crippen molar-refractivity contribution in [1.29, 1.82) is 0 Å². The number of hydrogen-bond acceptors (Lipinski definition) is 2. The molecule has 2 rings (SSSR count). The van der Waals surface area contributed by atoms with Gasteiger partial charge in [-0.15, -0.1) is 0 Å². The molecule has 1 fully saturated rings. The lowest BCUT2D eigenvalue weighted by atomic mass is 10.3. The normalized spacial score (nSPS) is 29.1. The van der Waals surface area contributed by atoms with E-state index in [0.717, 1.165) is 12.2 Å². The Kier molecular flexibility index (Phi) is 1.84. The molecule has 1 aliphatic heterocycles. The number of nitrogens with one attached hydrogen (secondary N) is 1. The third-order valence-corrected chi connectivity index (χ3v) is 2.24. The van der Waals surface area contributed by atoms with Crippen molar-refractivity contribution in [2.45, 2.75) is 0 Å². The summed E-state index contributed by atoms with van der Waals surface area (Å²) >= 11 is 0. The molecular weight excluding hydrogens is 152 g/mol. The van der Waals surface area contributed by atoms with Crippen LogP contribution in [0.15, 0.2) is 30.3 Å². The summed E-state index contributed by atoms with van der Waals surface area (Å²) in [5.41, 5.74) is 0.850. The van der Waals surface area contributed by atoms with Crippen LogP contribution in [0.2, 0.25) is 0 Å². The van der Waals surface area contributed by atoms with Gasteiger partial charge < -0.3 is 9.85 Å². The van der Waals surface area contributed by atoms with Crippen molar-refractivity contribution >= 4 is 5.69 Å². The summed E-state index contributed by atoms with van der Waals surface area (Å²) in [4.78, 5) is 0. The Hall–Kier alpha value is -0.900. The molecule has 1 aromatic rings. The van der Waals surface area contributed by atoms with Crippen molar-refractivity contribution in [3.05, 3.63) is 35.5 Å². The maximum atomic E-state index is 12.0. The Morgan fingerprint density at radius 2 is 2.00 bits per heavy atom. The molecule has 1 aliphatic rings. The number of para-hydroxylation sites is 1. The Morgan fingerprint density at radius 3 is 2.58 bits per heavy atom. The fourth-order valence-corrected chi connectivity index (χ4v) is 1.52. The maximum absolute atomic E-state index is 12.0. The van der Waals surface area contributed by atoms with Crippen LogP contribution in [-0.2, 0) is 0 Å². The first-order valence-electron chi connectivity index (χ1n) is 4.16. The molecule has 3 nitrogen and oxygen atoms in total. The molecule has 0 radical (unpaired) electrons. The largest absolute Gasteiger partial charge is 0.626 e. The molecular formula is C9H12N2O. The van der Waals surface area contributed by atoms with Gasteiger partial charge >= 0.3 is 0 Å². The van der Waals surface area contributed by atoms with Gasteiger partial charge in [-0.05, 0) is 12.1 Å². The summed E-state index contributed by atoms with van der Waals surface area (Å²) in [5.74, 6) is 0. The number of nitrogens with zero attached hydrogens (tertiary/aromatic N) is 1. The molecule has 1 unspecified atom stereocenters.